The summed E-state index contributed by atoms with van der Waals surface area (Å²) in [5.74, 6) is 0.606. The number of hydrogen-bond donors (Lipinski definition) is 2. The van der Waals surface area contributed by atoms with Gasteiger partial charge in [-0.3, -0.25) is 0 Å². The molecule has 49 heavy (non-hydrogen) atoms. The molecule has 0 aliphatic carbocycles. The number of nitrogens with zero attached hydrogens (tertiary/aromatic N) is 6. The Kier molecular flexibility index (Phi) is 18.8. The Hall–Kier alpha value is -3.42. The number of nitrogens with two attached hydrogens (primary N) is 1. The normalized spacial score (nSPS) is 13.8. The van der Waals surface area contributed by atoms with Gasteiger partial charge in [0.25, 0.3) is 0 Å². The maximum atomic E-state index is 10.6. The lowest BCUT2D eigenvalue weighted by Gasteiger charge is -2.26. The Labute approximate surface area is 291 Å². The smallest absolute Gasteiger partial charge is 0.330 e. The summed E-state index contributed by atoms with van der Waals surface area (Å²) in [7, 11) is -0.960. The van der Waals surface area contributed by atoms with Crippen LogP contribution in [-0.2, 0) is 24.9 Å². The van der Waals surface area contributed by atoms with Crippen molar-refractivity contribution in [2.24, 2.45) is 0 Å². The second kappa shape index (κ2) is 23.1. The minimum absolute atomic E-state index is 0.0666. The third-order valence-electron chi connectivity index (χ3n) is 8.32. The average molecular weight is 698 g/mol. The Morgan fingerprint density at radius 1 is 0.959 bits per heavy atom. The zero-order valence-electron chi connectivity index (χ0n) is 29.0. The fourth-order valence-electron chi connectivity index (χ4n) is 5.33. The summed E-state index contributed by atoms with van der Waals surface area (Å²) in [5, 5.41) is 23.5. The molecule has 13 nitrogen and oxygen atoms in total. The average Bonchev–Trinajstić information content (AvgIpc) is 3.55. The van der Waals surface area contributed by atoms with E-state index in [0.717, 1.165) is 18.5 Å². The van der Waals surface area contributed by atoms with Gasteiger partial charge in [0.2, 0.25) is 5.88 Å². The number of methoxy groups -OCH3 is 1. The van der Waals surface area contributed by atoms with Crippen molar-refractivity contribution in [2.75, 3.05) is 39.3 Å². The molecule has 0 amide bonds. The first-order valence-corrected chi connectivity index (χ1v) is 18.5. The molecule has 0 fully saturated rings. The second-order valence-electron chi connectivity index (χ2n) is 12.1. The molecule has 3 heterocycles. The van der Waals surface area contributed by atoms with Gasteiger partial charge in [-0.1, -0.05) is 77.6 Å². The molecule has 3 atom stereocenters. The summed E-state index contributed by atoms with van der Waals surface area (Å²) >= 11 is 0. The number of aromatic nitrogens is 4. The van der Waals surface area contributed by atoms with Gasteiger partial charge in [0.15, 0.2) is 11.4 Å². The van der Waals surface area contributed by atoms with Gasteiger partial charge in [0, 0.05) is 31.7 Å². The van der Waals surface area contributed by atoms with E-state index < -0.39 is 20.3 Å². The Morgan fingerprint density at radius 3 is 2.35 bits per heavy atom. The van der Waals surface area contributed by atoms with Gasteiger partial charge >= 0.3 is 8.60 Å². The molecule has 0 saturated heterocycles. The Morgan fingerprint density at radius 2 is 1.67 bits per heavy atom. The molecule has 3 N–H and O–H groups in total. The fourth-order valence-corrected chi connectivity index (χ4v) is 6.01. The van der Waals surface area contributed by atoms with Gasteiger partial charge in [-0.25, -0.2) is 14.5 Å². The van der Waals surface area contributed by atoms with E-state index >= 15 is 0 Å². The highest BCUT2D eigenvalue weighted by atomic mass is 31.2. The van der Waals surface area contributed by atoms with E-state index in [1.165, 1.54) is 89.9 Å². The van der Waals surface area contributed by atoms with E-state index in [1.807, 2.05) is 12.1 Å². The van der Waals surface area contributed by atoms with E-state index in [1.54, 1.807) is 10.6 Å². The molecule has 0 saturated carbocycles. The summed E-state index contributed by atoms with van der Waals surface area (Å²) in [5.41, 5.74) is 6.49. The first-order chi connectivity index (χ1) is 23.9. The fraction of sp³-hybridized carbons (Fsp3) is 0.629. The molecular weight excluding hydrogens is 645 g/mol. The number of anilines is 1. The van der Waals surface area contributed by atoms with Crippen LogP contribution in [0.2, 0.25) is 0 Å². The number of aryl methyl sites for hydroxylation is 1. The number of hydrogen-bond acceptors (Lipinski definition) is 12. The largest absolute Gasteiger partial charge is 0.469 e. The predicted molar refractivity (Wildman–Crippen MR) is 187 cm³/mol. The summed E-state index contributed by atoms with van der Waals surface area (Å²) < 4.78 is 30.3. The van der Waals surface area contributed by atoms with Crippen LogP contribution in [0.25, 0.3) is 5.52 Å². The lowest BCUT2D eigenvalue weighted by molar-refractivity contribution is -0.0158. The van der Waals surface area contributed by atoms with Crippen LogP contribution in [0, 0.1) is 22.7 Å². The lowest BCUT2D eigenvalue weighted by Crippen LogP contribution is -2.35. The minimum Gasteiger partial charge on any atom is -0.469 e. The highest BCUT2D eigenvalue weighted by Crippen LogP contribution is 2.35. The summed E-state index contributed by atoms with van der Waals surface area (Å²) in [4.78, 5) is 18.8. The lowest BCUT2D eigenvalue weighted by atomic mass is 9.99. The maximum Gasteiger partial charge on any atom is 0.330 e. The van der Waals surface area contributed by atoms with Crippen molar-refractivity contribution in [1.29, 1.82) is 10.5 Å². The highest BCUT2D eigenvalue weighted by molar-refractivity contribution is 7.40. The van der Waals surface area contributed by atoms with Gasteiger partial charge in [0.1, 0.15) is 24.0 Å². The predicted octanol–water partition coefficient (Wildman–Crippen LogP) is 6.84. The van der Waals surface area contributed by atoms with Gasteiger partial charge in [-0.05, 0) is 37.5 Å². The van der Waals surface area contributed by atoms with E-state index in [0.29, 0.717) is 29.9 Å². The number of pyridine rings is 1. The first-order valence-electron chi connectivity index (χ1n) is 17.3. The summed E-state index contributed by atoms with van der Waals surface area (Å²) in [6, 6.07) is 11.0. The number of unbranched alkanes of at least 4 members (excludes halogenated alkanes) is 11. The molecule has 3 rings (SSSR count). The van der Waals surface area contributed by atoms with Gasteiger partial charge < -0.3 is 33.9 Å². The van der Waals surface area contributed by atoms with E-state index in [-0.39, 0.29) is 32.1 Å². The van der Waals surface area contributed by atoms with Crippen LogP contribution in [0.5, 0.6) is 5.88 Å². The minimum atomic E-state index is -2.38. The first kappa shape index (κ1) is 40.0. The molecule has 3 unspecified atom stereocenters. The molecule has 0 aromatic carbocycles. The molecule has 0 aliphatic rings. The quantitative estimate of drug-likeness (QED) is 0.0626. The monoisotopic (exact) mass is 697 g/mol. The zero-order chi connectivity index (χ0) is 35.2. The molecule has 0 bridgehead atoms. The van der Waals surface area contributed by atoms with Crippen LogP contribution in [0.1, 0.15) is 102 Å². The molecule has 0 aliphatic heterocycles. The standard InChI is InChI=1S/C35H52N7O6P/c1-3-4-5-6-7-8-9-10-11-12-13-14-21-45-24-31(48-33-22-29(23-36)18-20-39-33)25-46-49(43)47-27-35(26-37,44-2)19-17-30-15-16-32-34(38)40-28-41-42(30)32/h15-16,18,20,22,28,31,43H,3-14,17,19,21,24-25,27H2,1-2H3,(H2,38,40,41). The van der Waals surface area contributed by atoms with E-state index in [2.05, 4.69) is 34.1 Å². The number of fused-ring (bicyclic) bond motifs is 1. The molecule has 0 radical (unpaired) electrons. The van der Waals surface area contributed by atoms with Crippen molar-refractivity contribution < 1.29 is 28.2 Å². The third kappa shape index (κ3) is 14.5. The molecule has 268 valence electrons. The van der Waals surface area contributed by atoms with Crippen LogP contribution in [-0.4, -0.2) is 69.7 Å². The van der Waals surface area contributed by atoms with Gasteiger partial charge in [0.05, 0.1) is 31.5 Å². The van der Waals surface area contributed by atoms with Gasteiger partial charge in [-0.2, -0.15) is 15.6 Å². The maximum absolute atomic E-state index is 10.6. The second-order valence-corrected chi connectivity index (χ2v) is 13.1. The number of nitriles is 2. The van der Waals surface area contributed by atoms with Crippen molar-refractivity contribution in [3.8, 4) is 18.0 Å². The van der Waals surface area contributed by atoms with Crippen LogP contribution < -0.4 is 10.5 Å². The third-order valence-corrected chi connectivity index (χ3v) is 9.04. The van der Waals surface area contributed by atoms with Crippen molar-refractivity contribution in [2.45, 2.75) is 109 Å². The van der Waals surface area contributed by atoms with Crippen molar-refractivity contribution in [3.05, 3.63) is 48.0 Å². The van der Waals surface area contributed by atoms with E-state index in [9.17, 15) is 15.4 Å². The molecule has 3 aromatic heterocycles. The Bertz CT molecular complexity index is 1450. The summed E-state index contributed by atoms with van der Waals surface area (Å²) in [6.45, 7) is 2.72. The highest BCUT2D eigenvalue weighted by Gasteiger charge is 2.32. The number of ether oxygens (including phenoxy) is 3. The number of nitrogen functional groups attached to an aromatic ring is 1. The van der Waals surface area contributed by atoms with Crippen LogP contribution in [0.15, 0.2) is 36.8 Å². The van der Waals surface area contributed by atoms with Crippen molar-refractivity contribution in [1.82, 2.24) is 19.6 Å². The molecule has 14 heteroatoms. The van der Waals surface area contributed by atoms with E-state index in [4.69, 9.17) is 29.0 Å². The topological polar surface area (TPSA) is 183 Å². The van der Waals surface area contributed by atoms with Crippen LogP contribution >= 0.6 is 8.60 Å². The van der Waals surface area contributed by atoms with Crippen molar-refractivity contribution >= 4 is 19.9 Å². The summed E-state index contributed by atoms with van der Waals surface area (Å²) in [6.07, 6.45) is 18.1. The molecular formula is C35H52N7O6P. The molecule has 3 aromatic rings. The van der Waals surface area contributed by atoms with Crippen molar-refractivity contribution in [3.63, 3.8) is 0 Å². The number of rotatable bonds is 27. The Balaban J connectivity index is 1.41. The molecule has 0 spiro atoms. The SMILES string of the molecule is CCCCCCCCCCCCCCOCC(COP(O)OCC(C#N)(CCc1ccc2c(N)ncnn12)OC)Oc1cc(C#N)ccn1. The van der Waals surface area contributed by atoms with Gasteiger partial charge in [-0.15, -0.1) is 0 Å². The van der Waals surface area contributed by atoms with Crippen LogP contribution in [0.3, 0.4) is 0 Å². The van der Waals surface area contributed by atoms with Crippen LogP contribution in [0.4, 0.5) is 5.82 Å². The zero-order valence-corrected chi connectivity index (χ0v) is 29.9.